The molecule has 0 saturated heterocycles. The Morgan fingerprint density at radius 1 is 0.227 bits per heavy atom. The minimum atomic E-state index is 0.731. The molecule has 0 aliphatic heterocycles. The van der Waals surface area contributed by atoms with Gasteiger partial charge < -0.3 is 14.2 Å². The molecule has 0 heterocycles. The predicted molar refractivity (Wildman–Crippen MR) is 328 cm³/mol. The van der Waals surface area contributed by atoms with Crippen molar-refractivity contribution in [2.75, 3.05) is 19.8 Å². The molecule has 0 unspecified atom stereocenters. The maximum Gasteiger partial charge on any atom is 0.119 e. The van der Waals surface area contributed by atoms with E-state index in [0.717, 1.165) is 123 Å². The van der Waals surface area contributed by atoms with E-state index in [1.807, 2.05) is 0 Å². The molecule has 0 spiro atoms. The molecule has 7 aromatic rings. The Bertz CT molecular complexity index is 2560. The third-order valence-electron chi connectivity index (χ3n) is 13.2. The van der Waals surface area contributed by atoms with Gasteiger partial charge in [-0.1, -0.05) is 279 Å². The van der Waals surface area contributed by atoms with Gasteiger partial charge in [-0.05, 0) is 122 Å². The Morgan fingerprint density at radius 3 is 0.653 bits per heavy atom. The van der Waals surface area contributed by atoms with E-state index < -0.39 is 0 Å². The highest BCUT2D eigenvalue weighted by Gasteiger charge is 2.18. The van der Waals surface area contributed by atoms with E-state index in [0.29, 0.717) is 0 Å². The number of ether oxygens (including phenoxy) is 3. The van der Waals surface area contributed by atoms with Crippen molar-refractivity contribution in [3.63, 3.8) is 0 Å². The number of benzene rings is 7. The summed E-state index contributed by atoms with van der Waals surface area (Å²) in [6.45, 7) is 8.91. The lowest BCUT2D eigenvalue weighted by atomic mass is 9.84. The summed E-state index contributed by atoms with van der Waals surface area (Å²) in [5, 5.41) is 0. The zero-order chi connectivity index (χ0) is 52.0. The molecule has 0 aliphatic rings. The minimum absolute atomic E-state index is 0.731. The van der Waals surface area contributed by atoms with E-state index in [1.54, 1.807) is 0 Å². The summed E-state index contributed by atoms with van der Waals surface area (Å²) in [6.07, 6.45) is 41.3. The smallest absolute Gasteiger partial charge is 0.119 e. The quantitative estimate of drug-likeness (QED) is 0.0332. The number of unbranched alkanes of at least 4 members (excludes halogenated alkanes) is 9. The van der Waals surface area contributed by atoms with Crippen LogP contribution < -0.4 is 14.2 Å². The topological polar surface area (TPSA) is 27.7 Å². The lowest BCUT2D eigenvalue weighted by Gasteiger charge is -2.20. The van der Waals surface area contributed by atoms with Gasteiger partial charge in [-0.3, -0.25) is 0 Å². The van der Waals surface area contributed by atoms with E-state index in [-0.39, 0.29) is 0 Å². The highest BCUT2D eigenvalue weighted by atomic mass is 16.5. The lowest BCUT2D eigenvalue weighted by molar-refractivity contribution is 0.305. The summed E-state index contributed by atoms with van der Waals surface area (Å²) in [4.78, 5) is 0. The molecule has 0 radical (unpaired) electrons. The fourth-order valence-corrected chi connectivity index (χ4v) is 8.90. The first-order valence-electron chi connectivity index (χ1n) is 27.8. The average molecular weight is 991 g/mol. The molecule has 0 aliphatic carbocycles. The Morgan fingerprint density at radius 2 is 0.440 bits per heavy atom. The summed E-state index contributed by atoms with van der Waals surface area (Å²) in [7, 11) is 0. The van der Waals surface area contributed by atoms with Crippen molar-refractivity contribution in [2.24, 2.45) is 0 Å². The fourth-order valence-electron chi connectivity index (χ4n) is 8.90. The van der Waals surface area contributed by atoms with Crippen LogP contribution in [0.25, 0.3) is 72.9 Å². The van der Waals surface area contributed by atoms with Gasteiger partial charge in [0.15, 0.2) is 0 Å². The van der Waals surface area contributed by atoms with Crippen LogP contribution in [0.3, 0.4) is 0 Å². The van der Waals surface area contributed by atoms with Gasteiger partial charge in [-0.2, -0.15) is 0 Å². The maximum absolute atomic E-state index is 6.18. The summed E-state index contributed by atoms with van der Waals surface area (Å²) >= 11 is 0. The van der Waals surface area contributed by atoms with Gasteiger partial charge in [0.1, 0.15) is 17.2 Å². The summed E-state index contributed by atoms with van der Waals surface area (Å²) in [5.74, 6) is 2.69. The first-order chi connectivity index (χ1) is 37.1. The van der Waals surface area contributed by atoms with E-state index in [2.05, 4.69) is 257 Å². The molecule has 0 N–H and O–H groups in total. The van der Waals surface area contributed by atoms with Crippen molar-refractivity contribution in [3.05, 3.63) is 231 Å². The Kier molecular flexibility index (Phi) is 23.4. The molecule has 0 aromatic heterocycles. The van der Waals surface area contributed by atoms with Gasteiger partial charge in [0.2, 0.25) is 0 Å². The van der Waals surface area contributed by atoms with Gasteiger partial charge >= 0.3 is 0 Å². The van der Waals surface area contributed by atoms with Crippen molar-refractivity contribution >= 4 is 72.9 Å². The van der Waals surface area contributed by atoms with E-state index in [1.165, 1.54) is 57.8 Å². The van der Waals surface area contributed by atoms with Crippen LogP contribution in [0.4, 0.5) is 0 Å². The number of hydrogen-bond acceptors (Lipinski definition) is 3. The van der Waals surface area contributed by atoms with Crippen LogP contribution in [0.1, 0.15) is 165 Å². The van der Waals surface area contributed by atoms with E-state index >= 15 is 0 Å². The zero-order valence-electron chi connectivity index (χ0n) is 44.8. The van der Waals surface area contributed by atoms with Crippen LogP contribution >= 0.6 is 0 Å². The second kappa shape index (κ2) is 31.9. The first-order valence-corrected chi connectivity index (χ1v) is 27.8. The van der Waals surface area contributed by atoms with Crippen LogP contribution in [0.5, 0.6) is 17.2 Å². The monoisotopic (exact) mass is 991 g/mol. The third-order valence-corrected chi connectivity index (χ3v) is 13.2. The molecule has 0 saturated carbocycles. The Balaban J connectivity index is 1.43. The summed E-state index contributed by atoms with van der Waals surface area (Å²) in [5.41, 5.74) is 13.2. The van der Waals surface area contributed by atoms with Crippen molar-refractivity contribution in [3.8, 4) is 17.2 Å². The summed E-state index contributed by atoms with van der Waals surface area (Å²) < 4.78 is 18.5. The molecule has 0 amide bonds. The lowest BCUT2D eigenvalue weighted by Crippen LogP contribution is -2.01. The molecule has 384 valence electrons. The normalized spacial score (nSPS) is 11.9. The zero-order valence-corrected chi connectivity index (χ0v) is 44.8. The van der Waals surface area contributed by atoms with Gasteiger partial charge in [0.25, 0.3) is 0 Å². The highest BCUT2D eigenvalue weighted by molar-refractivity contribution is 5.99. The minimum Gasteiger partial charge on any atom is -0.494 e. The van der Waals surface area contributed by atoms with E-state index in [9.17, 15) is 0 Å². The second-order valence-electron chi connectivity index (χ2n) is 19.1. The standard InChI is InChI=1S/C72H78O3/c1-4-7-10-22-55-73-64-43-31-61(32-44-64)40-52-70-67(49-37-58-25-16-13-17-26-58)71(53-41-62-33-45-65(46-34-62)74-56-23-11-8-5-2)69(51-39-60-29-20-15-21-30-60)72(68(70)50-38-59-27-18-14-19-28-59)54-42-63-35-47-66(48-36-63)75-57-24-12-9-6-3/h13-21,25-54H,4-12,22-24,55-57H2,1-3H3/b49-37+,50-38+,51-39+,52-40+,53-41+,54-42+. The van der Waals surface area contributed by atoms with Crippen molar-refractivity contribution in [1.29, 1.82) is 0 Å². The number of rotatable bonds is 30. The molecule has 0 atom stereocenters. The van der Waals surface area contributed by atoms with Crippen molar-refractivity contribution < 1.29 is 14.2 Å². The summed E-state index contributed by atoms with van der Waals surface area (Å²) in [6, 6.07) is 57.3. The first kappa shape index (κ1) is 55.1. The molecule has 0 bridgehead atoms. The molecule has 3 heteroatoms. The second-order valence-corrected chi connectivity index (χ2v) is 19.1. The van der Waals surface area contributed by atoms with Crippen LogP contribution in [-0.4, -0.2) is 19.8 Å². The maximum atomic E-state index is 6.18. The van der Waals surface area contributed by atoms with Crippen LogP contribution in [0.2, 0.25) is 0 Å². The SMILES string of the molecule is CCCCCCOc1ccc(/C=C/c2c(/C=C/c3ccccc3)c(/C=C/c3ccc(OCCCCCC)cc3)c(/C=C/c3ccccc3)c(/C=C/c3ccc(OCCCCCC)cc3)c2/C=C/c2ccccc2)cc1. The molecular weight excluding hydrogens is 913 g/mol. The van der Waals surface area contributed by atoms with Gasteiger partial charge in [0, 0.05) is 0 Å². The molecule has 75 heavy (non-hydrogen) atoms. The van der Waals surface area contributed by atoms with Crippen LogP contribution in [0, 0.1) is 0 Å². The Labute approximate surface area is 450 Å². The van der Waals surface area contributed by atoms with Gasteiger partial charge in [-0.25, -0.2) is 0 Å². The van der Waals surface area contributed by atoms with Crippen LogP contribution in [-0.2, 0) is 0 Å². The largest absolute Gasteiger partial charge is 0.494 e. The fraction of sp³-hybridized carbons (Fsp3) is 0.250. The van der Waals surface area contributed by atoms with E-state index in [4.69, 9.17) is 14.2 Å². The van der Waals surface area contributed by atoms with Gasteiger partial charge in [-0.15, -0.1) is 0 Å². The third kappa shape index (κ3) is 18.7. The van der Waals surface area contributed by atoms with Crippen LogP contribution in [0.15, 0.2) is 164 Å². The molecular formula is C72H78O3. The van der Waals surface area contributed by atoms with Crippen molar-refractivity contribution in [1.82, 2.24) is 0 Å². The average Bonchev–Trinajstić information content (AvgIpc) is 3.45. The molecule has 0 fully saturated rings. The predicted octanol–water partition coefficient (Wildman–Crippen LogP) is 20.6. The molecule has 7 rings (SSSR count). The molecule has 7 aromatic carbocycles. The molecule has 3 nitrogen and oxygen atoms in total. The van der Waals surface area contributed by atoms with Crippen molar-refractivity contribution in [2.45, 2.75) is 97.8 Å². The van der Waals surface area contributed by atoms with Gasteiger partial charge in [0.05, 0.1) is 19.8 Å². The Hall–Kier alpha value is -7.62. The highest BCUT2D eigenvalue weighted by Crippen LogP contribution is 2.37. The number of hydrogen-bond donors (Lipinski definition) is 0.